The van der Waals surface area contributed by atoms with E-state index in [4.69, 9.17) is 0 Å². The van der Waals surface area contributed by atoms with Gasteiger partial charge in [0, 0.05) is 12.2 Å². The Hall–Kier alpha value is -1.54. The van der Waals surface area contributed by atoms with Crippen LogP contribution >= 0.6 is 0 Å². The molecule has 1 aromatic carbocycles. The van der Waals surface area contributed by atoms with E-state index in [2.05, 4.69) is 0 Å². The van der Waals surface area contributed by atoms with Crippen molar-refractivity contribution in [1.29, 1.82) is 0 Å². The van der Waals surface area contributed by atoms with E-state index in [1.165, 1.54) is 33.7 Å². The minimum absolute atomic E-state index is 0.121. The van der Waals surface area contributed by atoms with Crippen molar-refractivity contribution in [2.45, 2.75) is 24.4 Å². The van der Waals surface area contributed by atoms with Gasteiger partial charge in [0.1, 0.15) is 0 Å². The van der Waals surface area contributed by atoms with Crippen molar-refractivity contribution < 1.29 is 43.2 Å². The molecule has 1 aromatic rings. The minimum Gasteiger partial charge on any atom is -0.276 e. The molecule has 0 spiro atoms. The molecule has 0 aromatic heterocycles. The van der Waals surface area contributed by atoms with Crippen LogP contribution in [0.25, 0.3) is 0 Å². The van der Waals surface area contributed by atoms with Gasteiger partial charge >= 0.3 is 31.1 Å². The standard InChI is InChI=1S/C7H6F3NO2S.C4H8F3NO2S/c8-7(9,10)14(12,13)11-6-4-2-1-3-5-6;1-2-3-8-11(9,10)4(5,6)7/h1-5,11H;8H,2-3H2,1H3. The highest BCUT2D eigenvalue weighted by Gasteiger charge is 2.46. The number of sulfonamides is 2. The molecular weight excluding hydrogens is 402 g/mol. The third kappa shape index (κ3) is 7.92. The predicted molar refractivity (Wildman–Crippen MR) is 78.3 cm³/mol. The normalized spacial score (nSPS) is 12.9. The van der Waals surface area contributed by atoms with Crippen LogP contribution in [0.15, 0.2) is 30.3 Å². The molecule has 1 rings (SSSR count). The van der Waals surface area contributed by atoms with Gasteiger partial charge in [-0.2, -0.15) is 34.8 Å². The zero-order valence-corrected chi connectivity index (χ0v) is 14.2. The lowest BCUT2D eigenvalue weighted by Gasteiger charge is -2.09. The van der Waals surface area contributed by atoms with Crippen LogP contribution in [0.4, 0.5) is 32.0 Å². The number of rotatable bonds is 5. The molecule has 14 heteroatoms. The fourth-order valence-corrected chi connectivity index (χ4v) is 2.24. The molecule has 0 unspecified atom stereocenters. The Labute approximate surface area is 140 Å². The Bertz CT molecular complexity index is 730. The van der Waals surface area contributed by atoms with Crippen LogP contribution in [0.1, 0.15) is 13.3 Å². The van der Waals surface area contributed by atoms with Gasteiger partial charge in [-0.15, -0.1) is 0 Å². The molecular formula is C11H14F6N2O4S2. The molecule has 146 valence electrons. The summed E-state index contributed by atoms with van der Waals surface area (Å²) in [7, 11) is -10.4. The number of hydrogen-bond acceptors (Lipinski definition) is 4. The molecule has 0 saturated heterocycles. The van der Waals surface area contributed by atoms with Gasteiger partial charge in [-0.1, -0.05) is 25.1 Å². The van der Waals surface area contributed by atoms with Gasteiger partial charge in [0.2, 0.25) is 0 Å². The van der Waals surface area contributed by atoms with E-state index in [9.17, 15) is 43.2 Å². The van der Waals surface area contributed by atoms with Gasteiger partial charge in [0.15, 0.2) is 0 Å². The largest absolute Gasteiger partial charge is 0.516 e. The van der Waals surface area contributed by atoms with Crippen LogP contribution in [0.2, 0.25) is 0 Å². The Morgan fingerprint density at radius 3 is 1.64 bits per heavy atom. The highest BCUT2D eigenvalue weighted by atomic mass is 32.2. The van der Waals surface area contributed by atoms with Crippen LogP contribution in [-0.4, -0.2) is 34.4 Å². The molecule has 0 saturated carbocycles. The van der Waals surface area contributed by atoms with E-state index >= 15 is 0 Å². The molecule has 25 heavy (non-hydrogen) atoms. The Morgan fingerprint density at radius 2 is 1.28 bits per heavy atom. The maximum absolute atomic E-state index is 11.9. The smallest absolute Gasteiger partial charge is 0.276 e. The highest BCUT2D eigenvalue weighted by molar-refractivity contribution is 7.93. The lowest BCUT2D eigenvalue weighted by Crippen LogP contribution is -2.36. The minimum atomic E-state index is -5.30. The zero-order valence-electron chi connectivity index (χ0n) is 12.5. The van der Waals surface area contributed by atoms with Crippen molar-refractivity contribution in [1.82, 2.24) is 4.72 Å². The summed E-state index contributed by atoms with van der Waals surface area (Å²) in [6.45, 7) is 1.38. The molecule has 0 fully saturated rings. The van der Waals surface area contributed by atoms with Crippen LogP contribution in [0.3, 0.4) is 0 Å². The number of alkyl halides is 6. The quantitative estimate of drug-likeness (QED) is 0.722. The van der Waals surface area contributed by atoms with Gasteiger partial charge in [0.25, 0.3) is 0 Å². The summed E-state index contributed by atoms with van der Waals surface area (Å²) in [6.07, 6.45) is 0.329. The van der Waals surface area contributed by atoms with Gasteiger partial charge in [-0.05, 0) is 18.6 Å². The molecule has 0 amide bonds. The van der Waals surface area contributed by atoms with E-state index in [1.807, 2.05) is 0 Å². The summed E-state index contributed by atoms with van der Waals surface area (Å²) in [6, 6.07) is 6.86. The molecule has 2 N–H and O–H groups in total. The second-order valence-electron chi connectivity index (χ2n) is 4.26. The van der Waals surface area contributed by atoms with E-state index in [0.29, 0.717) is 6.42 Å². The first-order valence-corrected chi connectivity index (χ1v) is 9.30. The molecule has 0 bridgehead atoms. The fraction of sp³-hybridized carbons (Fsp3) is 0.455. The second-order valence-corrected chi connectivity index (χ2v) is 7.69. The summed E-state index contributed by atoms with van der Waals surface area (Å²) in [5.41, 5.74) is -10.6. The summed E-state index contributed by atoms with van der Waals surface area (Å²) >= 11 is 0. The predicted octanol–water partition coefficient (Wildman–Crippen LogP) is 2.78. The monoisotopic (exact) mass is 416 g/mol. The lowest BCUT2D eigenvalue weighted by atomic mass is 10.3. The van der Waals surface area contributed by atoms with E-state index in [0.717, 1.165) is 0 Å². The van der Waals surface area contributed by atoms with Crippen molar-refractivity contribution in [2.24, 2.45) is 0 Å². The summed E-state index contributed by atoms with van der Waals surface area (Å²) < 4.78 is 114. The number of nitrogens with one attached hydrogen (secondary N) is 2. The van der Waals surface area contributed by atoms with E-state index in [1.54, 1.807) is 13.0 Å². The summed E-state index contributed by atoms with van der Waals surface area (Å²) in [5, 5.41) is 0. The number of anilines is 1. The number of para-hydroxylation sites is 1. The zero-order chi connectivity index (χ0) is 19.9. The third-order valence-corrected chi connectivity index (χ3v) is 4.48. The number of hydrogen-bond donors (Lipinski definition) is 2. The summed E-state index contributed by atoms with van der Waals surface area (Å²) in [4.78, 5) is 0. The van der Waals surface area contributed by atoms with E-state index in [-0.39, 0.29) is 12.2 Å². The molecule has 0 heterocycles. The topological polar surface area (TPSA) is 92.3 Å². The van der Waals surface area contributed by atoms with Crippen LogP contribution in [0.5, 0.6) is 0 Å². The van der Waals surface area contributed by atoms with Gasteiger partial charge in [-0.25, -0.2) is 13.1 Å². The molecule has 6 nitrogen and oxygen atoms in total. The first kappa shape index (κ1) is 23.5. The lowest BCUT2D eigenvalue weighted by molar-refractivity contribution is -0.0449. The first-order valence-electron chi connectivity index (χ1n) is 6.34. The molecule has 0 aliphatic rings. The van der Waals surface area contributed by atoms with Crippen LogP contribution < -0.4 is 9.44 Å². The van der Waals surface area contributed by atoms with Crippen molar-refractivity contribution in [3.63, 3.8) is 0 Å². The van der Waals surface area contributed by atoms with Gasteiger partial charge in [-0.3, -0.25) is 4.72 Å². The average Bonchev–Trinajstić information content (AvgIpc) is 2.44. The van der Waals surface area contributed by atoms with Gasteiger partial charge in [0.05, 0.1) is 0 Å². The second kappa shape index (κ2) is 8.71. The Kier molecular flexibility index (Phi) is 8.17. The molecule has 0 atom stereocenters. The molecule has 0 aliphatic carbocycles. The fourth-order valence-electron chi connectivity index (χ4n) is 1.04. The number of halogens is 6. The van der Waals surface area contributed by atoms with Crippen LogP contribution in [0, 0.1) is 0 Å². The average molecular weight is 416 g/mol. The maximum atomic E-state index is 11.9. The molecule has 0 aliphatic heterocycles. The maximum Gasteiger partial charge on any atom is 0.516 e. The third-order valence-electron chi connectivity index (χ3n) is 2.18. The Morgan fingerprint density at radius 1 is 0.840 bits per heavy atom. The van der Waals surface area contributed by atoms with Crippen LogP contribution in [-0.2, 0) is 20.0 Å². The van der Waals surface area contributed by atoms with Crippen molar-refractivity contribution >= 4 is 25.7 Å². The van der Waals surface area contributed by atoms with Crippen molar-refractivity contribution in [2.75, 3.05) is 11.3 Å². The SMILES string of the molecule is CCCNS(=O)(=O)C(F)(F)F.O=S(=O)(Nc1ccccc1)C(F)(F)F. The van der Waals surface area contributed by atoms with Gasteiger partial charge < -0.3 is 0 Å². The summed E-state index contributed by atoms with van der Waals surface area (Å²) in [5.74, 6) is 0. The highest BCUT2D eigenvalue weighted by Crippen LogP contribution is 2.25. The van der Waals surface area contributed by atoms with Crippen molar-refractivity contribution in [3.8, 4) is 0 Å². The first-order chi connectivity index (χ1) is 11.1. The molecule has 0 radical (unpaired) electrons. The van der Waals surface area contributed by atoms with Crippen molar-refractivity contribution in [3.05, 3.63) is 30.3 Å². The Balaban J connectivity index is 0.000000477. The van der Waals surface area contributed by atoms with E-state index < -0.39 is 31.1 Å². The number of benzene rings is 1.